The Morgan fingerprint density at radius 2 is 2.21 bits per heavy atom. The number of rotatable bonds is 5. The molecule has 5 heteroatoms. The number of pyridine rings is 1. The van der Waals surface area contributed by atoms with Crippen molar-refractivity contribution in [3.8, 4) is 0 Å². The van der Waals surface area contributed by atoms with Crippen molar-refractivity contribution in [2.75, 3.05) is 12.0 Å². The van der Waals surface area contributed by atoms with Crippen LogP contribution in [0.3, 0.4) is 0 Å². The van der Waals surface area contributed by atoms with Crippen LogP contribution in [-0.2, 0) is 6.42 Å². The summed E-state index contributed by atoms with van der Waals surface area (Å²) in [7, 11) is 0. The van der Waals surface area contributed by atoms with Gasteiger partial charge >= 0.3 is 0 Å². The largest absolute Gasteiger partial charge is 0.352 e. The molecule has 0 aliphatic heterocycles. The summed E-state index contributed by atoms with van der Waals surface area (Å²) in [4.78, 5) is 16.4. The number of nitrogens with one attached hydrogen (secondary N) is 2. The van der Waals surface area contributed by atoms with Crippen molar-refractivity contribution in [3.63, 3.8) is 0 Å². The van der Waals surface area contributed by atoms with Crippen molar-refractivity contribution in [1.29, 1.82) is 0 Å². The van der Waals surface area contributed by atoms with Gasteiger partial charge in [0.1, 0.15) is 5.82 Å². The van der Waals surface area contributed by atoms with Gasteiger partial charge in [-0.1, -0.05) is 20.8 Å². The minimum Gasteiger partial charge on any atom is -0.352 e. The lowest BCUT2D eigenvalue weighted by molar-refractivity contribution is 0.0950. The molecular formula is C14H22N4O. The molecule has 1 amide bonds. The Morgan fingerprint density at radius 3 is 2.74 bits per heavy atom. The molecule has 1 unspecified atom stereocenters. The Hall–Kier alpha value is -1.62. The topological polar surface area (TPSA) is 80.0 Å². The molecule has 1 aromatic rings. The van der Waals surface area contributed by atoms with E-state index in [0.717, 1.165) is 18.7 Å². The highest BCUT2D eigenvalue weighted by Crippen LogP contribution is 2.50. The quantitative estimate of drug-likeness (QED) is 0.557. The highest BCUT2D eigenvalue weighted by atomic mass is 16.1. The number of hydrogen-bond donors (Lipinski definition) is 3. The maximum absolute atomic E-state index is 12.1. The number of nitrogen functional groups attached to an aromatic ring is 1. The molecule has 1 heterocycles. The predicted octanol–water partition coefficient (Wildman–Crippen LogP) is 1.71. The average molecular weight is 262 g/mol. The predicted molar refractivity (Wildman–Crippen MR) is 75.6 cm³/mol. The van der Waals surface area contributed by atoms with Crippen molar-refractivity contribution in [1.82, 2.24) is 10.3 Å². The zero-order valence-electron chi connectivity index (χ0n) is 11.8. The van der Waals surface area contributed by atoms with E-state index in [0.29, 0.717) is 22.7 Å². The van der Waals surface area contributed by atoms with Gasteiger partial charge in [-0.15, -0.1) is 0 Å². The summed E-state index contributed by atoms with van der Waals surface area (Å²) in [6.07, 6.45) is 1.95. The van der Waals surface area contributed by atoms with Crippen LogP contribution in [0.15, 0.2) is 12.1 Å². The molecule has 1 saturated carbocycles. The van der Waals surface area contributed by atoms with Gasteiger partial charge in [0.2, 0.25) is 0 Å². The molecular weight excluding hydrogens is 240 g/mol. The molecule has 0 bridgehead atoms. The second-order valence-electron chi connectivity index (χ2n) is 5.83. The third-order valence-electron chi connectivity index (χ3n) is 3.88. The van der Waals surface area contributed by atoms with Gasteiger partial charge in [-0.25, -0.2) is 10.8 Å². The van der Waals surface area contributed by atoms with Gasteiger partial charge in [0.15, 0.2) is 0 Å². The number of amides is 1. The summed E-state index contributed by atoms with van der Waals surface area (Å²) in [5, 5.41) is 2.98. The maximum Gasteiger partial charge on any atom is 0.251 e. The highest BCUT2D eigenvalue weighted by Gasteiger charge is 2.45. The van der Waals surface area contributed by atoms with Crippen LogP contribution in [-0.4, -0.2) is 17.4 Å². The van der Waals surface area contributed by atoms with E-state index in [9.17, 15) is 4.79 Å². The number of hydrazine groups is 1. The standard InChI is InChI=1S/C14H22N4O/c1-4-11-5-9(6-12(17-11)18-15)13(19)16-8-10-7-14(10,2)3/h5-6,10H,4,7-8,15H2,1-3H3,(H,16,19)(H,17,18). The second-order valence-corrected chi connectivity index (χ2v) is 5.83. The summed E-state index contributed by atoms with van der Waals surface area (Å²) >= 11 is 0. The van der Waals surface area contributed by atoms with Gasteiger partial charge in [0, 0.05) is 17.8 Å². The summed E-state index contributed by atoms with van der Waals surface area (Å²) < 4.78 is 0. The van der Waals surface area contributed by atoms with E-state index < -0.39 is 0 Å². The fourth-order valence-corrected chi connectivity index (χ4v) is 2.22. The first-order valence-corrected chi connectivity index (χ1v) is 6.72. The molecule has 0 aromatic carbocycles. The minimum atomic E-state index is -0.0590. The molecule has 1 aliphatic carbocycles. The van der Waals surface area contributed by atoms with Crippen LogP contribution >= 0.6 is 0 Å². The number of carbonyl (C=O) groups is 1. The zero-order chi connectivity index (χ0) is 14.0. The number of hydrogen-bond acceptors (Lipinski definition) is 4. The first kappa shape index (κ1) is 13.8. The smallest absolute Gasteiger partial charge is 0.251 e. The van der Waals surface area contributed by atoms with Crippen LogP contribution in [0.1, 0.15) is 43.2 Å². The van der Waals surface area contributed by atoms with Crippen LogP contribution in [0, 0.1) is 11.3 Å². The van der Waals surface area contributed by atoms with Gasteiger partial charge in [-0.3, -0.25) is 4.79 Å². The van der Waals surface area contributed by atoms with E-state index in [1.807, 2.05) is 13.0 Å². The van der Waals surface area contributed by atoms with Crippen LogP contribution in [0.25, 0.3) is 0 Å². The van der Waals surface area contributed by atoms with Gasteiger partial charge in [0.05, 0.1) is 0 Å². The van der Waals surface area contributed by atoms with E-state index in [4.69, 9.17) is 5.84 Å². The highest BCUT2D eigenvalue weighted by molar-refractivity contribution is 5.95. The van der Waals surface area contributed by atoms with Crippen LogP contribution in [0.2, 0.25) is 0 Å². The normalized spacial score (nSPS) is 19.9. The molecule has 1 atom stereocenters. The van der Waals surface area contributed by atoms with E-state index in [-0.39, 0.29) is 5.91 Å². The molecule has 5 nitrogen and oxygen atoms in total. The number of nitrogens with two attached hydrogens (primary N) is 1. The molecule has 1 aliphatic rings. The van der Waals surface area contributed by atoms with E-state index in [1.165, 1.54) is 6.42 Å². The summed E-state index contributed by atoms with van der Waals surface area (Å²) in [5.41, 5.74) is 4.34. The fourth-order valence-electron chi connectivity index (χ4n) is 2.22. The molecule has 2 rings (SSSR count). The monoisotopic (exact) mass is 262 g/mol. The average Bonchev–Trinajstić information content (AvgIpc) is 3.02. The van der Waals surface area contributed by atoms with Crippen molar-refractivity contribution in [2.45, 2.75) is 33.6 Å². The molecule has 19 heavy (non-hydrogen) atoms. The zero-order valence-corrected chi connectivity index (χ0v) is 11.8. The van der Waals surface area contributed by atoms with Crippen LogP contribution in [0.5, 0.6) is 0 Å². The Balaban J connectivity index is 2.02. The summed E-state index contributed by atoms with van der Waals surface area (Å²) in [6.45, 7) is 7.18. The number of aromatic nitrogens is 1. The van der Waals surface area contributed by atoms with Gasteiger partial charge in [-0.05, 0) is 36.3 Å². The number of nitrogens with zero attached hydrogens (tertiary/aromatic N) is 1. The van der Waals surface area contributed by atoms with Crippen LogP contribution in [0.4, 0.5) is 5.82 Å². The van der Waals surface area contributed by atoms with Gasteiger partial charge in [0.25, 0.3) is 5.91 Å². The molecule has 0 saturated heterocycles. The molecule has 1 fully saturated rings. The number of carbonyl (C=O) groups excluding carboxylic acids is 1. The lowest BCUT2D eigenvalue weighted by Crippen LogP contribution is -2.27. The Kier molecular flexibility index (Phi) is 3.75. The second kappa shape index (κ2) is 5.17. The van der Waals surface area contributed by atoms with Crippen molar-refractivity contribution in [3.05, 3.63) is 23.4 Å². The molecule has 0 spiro atoms. The van der Waals surface area contributed by atoms with Crippen molar-refractivity contribution >= 4 is 11.7 Å². The SMILES string of the molecule is CCc1cc(C(=O)NCC2CC2(C)C)cc(NN)n1. The third kappa shape index (κ3) is 3.23. The fraction of sp³-hybridized carbons (Fsp3) is 0.571. The van der Waals surface area contributed by atoms with E-state index in [2.05, 4.69) is 29.6 Å². The Labute approximate surface area is 114 Å². The molecule has 0 radical (unpaired) electrons. The van der Waals surface area contributed by atoms with Crippen LogP contribution < -0.4 is 16.6 Å². The summed E-state index contributed by atoms with van der Waals surface area (Å²) in [5.74, 6) is 6.42. The van der Waals surface area contributed by atoms with E-state index >= 15 is 0 Å². The van der Waals surface area contributed by atoms with Crippen molar-refractivity contribution < 1.29 is 4.79 Å². The molecule has 1 aromatic heterocycles. The minimum absolute atomic E-state index is 0.0590. The van der Waals surface area contributed by atoms with Gasteiger partial charge < -0.3 is 10.7 Å². The molecule has 104 valence electrons. The lowest BCUT2D eigenvalue weighted by atomic mass is 10.1. The number of aryl methyl sites for hydroxylation is 1. The maximum atomic E-state index is 12.1. The van der Waals surface area contributed by atoms with Gasteiger partial charge in [-0.2, -0.15) is 0 Å². The number of anilines is 1. The van der Waals surface area contributed by atoms with E-state index in [1.54, 1.807) is 6.07 Å². The Bertz CT molecular complexity index is 462. The molecule has 4 N–H and O–H groups in total. The Morgan fingerprint density at radius 1 is 1.53 bits per heavy atom. The first-order valence-electron chi connectivity index (χ1n) is 6.72. The third-order valence-corrected chi connectivity index (χ3v) is 3.88. The lowest BCUT2D eigenvalue weighted by Gasteiger charge is -2.09. The van der Waals surface area contributed by atoms with Crippen molar-refractivity contribution in [2.24, 2.45) is 17.2 Å². The summed E-state index contributed by atoms with van der Waals surface area (Å²) in [6, 6.07) is 3.49. The first-order chi connectivity index (χ1) is 8.96.